The number of hydrogen-bond donors (Lipinski definition) is 0. The van der Waals surface area contributed by atoms with Gasteiger partial charge in [0, 0.05) is 31.3 Å². The fourth-order valence-corrected chi connectivity index (χ4v) is 1.13. The molecule has 0 fully saturated rings. The van der Waals surface area contributed by atoms with E-state index in [1.54, 1.807) is 0 Å². The Kier molecular flexibility index (Phi) is 2.97. The first-order valence-electron chi connectivity index (χ1n) is 4.21. The highest BCUT2D eigenvalue weighted by atomic mass is 15.0. The van der Waals surface area contributed by atoms with Gasteiger partial charge >= 0.3 is 0 Å². The van der Waals surface area contributed by atoms with E-state index < -0.39 is 0 Å². The van der Waals surface area contributed by atoms with Gasteiger partial charge in [-0.3, -0.25) is 4.99 Å². The number of aliphatic imine (C=N–C) groups is 1. The molecule has 64 valence electrons. The lowest BCUT2D eigenvalue weighted by molar-refractivity contribution is -0.497. The zero-order valence-corrected chi connectivity index (χ0v) is 7.53. The van der Waals surface area contributed by atoms with E-state index in [0.29, 0.717) is 6.04 Å². The molecule has 2 heteroatoms. The van der Waals surface area contributed by atoms with E-state index in [2.05, 4.69) is 25.2 Å². The molecule has 0 spiro atoms. The second-order valence-electron chi connectivity index (χ2n) is 2.87. The first kappa shape index (κ1) is 8.91. The molecule has 0 bridgehead atoms. The third-order valence-electron chi connectivity index (χ3n) is 2.06. The number of allylic oxidation sites excluding steroid dienone is 1. The summed E-state index contributed by atoms with van der Waals surface area (Å²) in [6, 6.07) is 0.343. The molecule has 0 aliphatic carbocycles. The zero-order valence-electron chi connectivity index (χ0n) is 7.53. The van der Waals surface area contributed by atoms with Crippen molar-refractivity contribution in [2.75, 3.05) is 0 Å². The van der Waals surface area contributed by atoms with Crippen LogP contribution in [0.15, 0.2) is 29.5 Å². The minimum absolute atomic E-state index is 0.343. The van der Waals surface area contributed by atoms with Gasteiger partial charge in [0.25, 0.3) is 0 Å². The van der Waals surface area contributed by atoms with Gasteiger partial charge in [-0.25, -0.2) is 4.58 Å². The molecule has 1 atom stereocenters. The van der Waals surface area contributed by atoms with E-state index in [1.807, 2.05) is 23.1 Å². The normalized spacial score (nSPS) is 20.9. The van der Waals surface area contributed by atoms with Crippen LogP contribution < -0.4 is 0 Å². The highest BCUT2D eigenvalue weighted by Gasteiger charge is 2.18. The maximum atomic E-state index is 4.01. The highest BCUT2D eigenvalue weighted by molar-refractivity contribution is 5.60. The van der Waals surface area contributed by atoms with Crippen molar-refractivity contribution in [3.8, 4) is 0 Å². The molecule has 1 rings (SSSR count). The van der Waals surface area contributed by atoms with E-state index in [9.17, 15) is 0 Å². The second kappa shape index (κ2) is 4.00. The Morgan fingerprint density at radius 3 is 3.00 bits per heavy atom. The van der Waals surface area contributed by atoms with Gasteiger partial charge in [-0.1, -0.05) is 6.92 Å². The third kappa shape index (κ3) is 1.91. The summed E-state index contributed by atoms with van der Waals surface area (Å²) >= 11 is 0. The van der Waals surface area contributed by atoms with Crippen molar-refractivity contribution in [1.29, 1.82) is 0 Å². The summed E-state index contributed by atoms with van der Waals surface area (Å²) in [5, 5.41) is 0. The van der Waals surface area contributed by atoms with Crippen LogP contribution in [0.5, 0.6) is 0 Å². The van der Waals surface area contributed by atoms with Crippen LogP contribution in [-0.4, -0.2) is 23.5 Å². The summed E-state index contributed by atoms with van der Waals surface area (Å²) in [5.74, 6) is 0. The molecule has 0 radical (unpaired) electrons. The quantitative estimate of drug-likeness (QED) is 0.446. The second-order valence-corrected chi connectivity index (χ2v) is 2.87. The Morgan fingerprint density at radius 1 is 1.75 bits per heavy atom. The third-order valence-corrected chi connectivity index (χ3v) is 2.06. The summed E-state index contributed by atoms with van der Waals surface area (Å²) in [6.07, 6.45) is 7.65. The van der Waals surface area contributed by atoms with E-state index in [-0.39, 0.29) is 0 Å². The summed E-state index contributed by atoms with van der Waals surface area (Å²) in [7, 11) is 0. The van der Waals surface area contributed by atoms with Gasteiger partial charge in [-0.2, -0.15) is 0 Å². The van der Waals surface area contributed by atoms with E-state index >= 15 is 0 Å². The summed E-state index contributed by atoms with van der Waals surface area (Å²) in [6.45, 7) is 9.97. The monoisotopic (exact) mass is 163 g/mol. The highest BCUT2D eigenvalue weighted by Crippen LogP contribution is 2.09. The van der Waals surface area contributed by atoms with Crippen LogP contribution in [0, 0.1) is 0 Å². The summed E-state index contributed by atoms with van der Waals surface area (Å²) in [5.41, 5.74) is 1.07. The van der Waals surface area contributed by atoms with Crippen molar-refractivity contribution in [3.05, 3.63) is 24.6 Å². The molecule has 0 aromatic heterocycles. The molecule has 0 N–H and O–H groups in total. The minimum Gasteiger partial charge on any atom is -0.269 e. The average molecular weight is 163 g/mol. The lowest BCUT2D eigenvalue weighted by Gasteiger charge is -2.10. The zero-order chi connectivity index (χ0) is 8.97. The van der Waals surface area contributed by atoms with Crippen molar-refractivity contribution in [2.24, 2.45) is 4.99 Å². The minimum atomic E-state index is 0.343. The van der Waals surface area contributed by atoms with Gasteiger partial charge in [0.15, 0.2) is 11.7 Å². The molecule has 2 nitrogen and oxygen atoms in total. The first-order chi connectivity index (χ1) is 5.75. The Morgan fingerprint density at radius 2 is 2.50 bits per heavy atom. The fraction of sp³-hybridized carbons (Fsp3) is 0.400. The fourth-order valence-electron chi connectivity index (χ4n) is 1.13. The molecule has 0 aromatic rings. The molecule has 1 aliphatic rings. The molecule has 12 heavy (non-hydrogen) atoms. The van der Waals surface area contributed by atoms with Crippen molar-refractivity contribution in [1.82, 2.24) is 0 Å². The average Bonchev–Trinajstić information content (AvgIpc) is 2.17. The molecular weight excluding hydrogens is 148 g/mol. The first-order valence-corrected chi connectivity index (χ1v) is 4.21. The molecular formula is C10H15N2+. The van der Waals surface area contributed by atoms with Crippen LogP contribution in [0.25, 0.3) is 0 Å². The van der Waals surface area contributed by atoms with Crippen LogP contribution in [0.1, 0.15) is 19.8 Å². The smallest absolute Gasteiger partial charge is 0.183 e. The maximum absolute atomic E-state index is 4.01. The molecule has 1 aliphatic heterocycles. The van der Waals surface area contributed by atoms with E-state index in [1.165, 1.54) is 0 Å². The lowest BCUT2D eigenvalue weighted by atomic mass is 10.1. The number of nitrogens with zero attached hydrogens (tertiary/aromatic N) is 2. The van der Waals surface area contributed by atoms with Gasteiger partial charge in [-0.05, 0) is 6.58 Å². The van der Waals surface area contributed by atoms with Crippen LogP contribution in [0.4, 0.5) is 0 Å². The van der Waals surface area contributed by atoms with Crippen LogP contribution in [0.2, 0.25) is 0 Å². The van der Waals surface area contributed by atoms with Crippen LogP contribution >= 0.6 is 0 Å². The predicted octanol–water partition coefficient (Wildman–Crippen LogP) is 1.98. The van der Waals surface area contributed by atoms with Gasteiger partial charge in [-0.15, -0.1) is 0 Å². The van der Waals surface area contributed by atoms with Gasteiger partial charge in [0.1, 0.15) is 6.72 Å². The molecule has 0 amide bonds. The van der Waals surface area contributed by atoms with Crippen LogP contribution in [-0.2, 0) is 0 Å². The summed E-state index contributed by atoms with van der Waals surface area (Å²) in [4.78, 5) is 4.01. The van der Waals surface area contributed by atoms with Gasteiger partial charge in [0.2, 0.25) is 0 Å². The Bertz CT molecular complexity index is 249. The Hall–Kier alpha value is -1.18. The molecule has 0 saturated heterocycles. The van der Waals surface area contributed by atoms with Crippen molar-refractivity contribution < 1.29 is 4.58 Å². The van der Waals surface area contributed by atoms with Crippen LogP contribution in [0.3, 0.4) is 0 Å². The van der Waals surface area contributed by atoms with E-state index in [4.69, 9.17) is 0 Å². The topological polar surface area (TPSA) is 15.4 Å². The molecule has 1 heterocycles. The molecule has 1 unspecified atom stereocenters. The Balaban J connectivity index is 2.59. The predicted molar refractivity (Wildman–Crippen MR) is 52.8 cm³/mol. The largest absolute Gasteiger partial charge is 0.269 e. The van der Waals surface area contributed by atoms with Crippen molar-refractivity contribution in [3.63, 3.8) is 0 Å². The van der Waals surface area contributed by atoms with E-state index in [0.717, 1.165) is 18.5 Å². The Labute approximate surface area is 73.6 Å². The van der Waals surface area contributed by atoms with Crippen molar-refractivity contribution in [2.45, 2.75) is 25.8 Å². The van der Waals surface area contributed by atoms with Crippen molar-refractivity contribution >= 4 is 12.9 Å². The standard InChI is InChI=1S/C10H15N2/c1-4-9(2)12(3)10-5-7-11-8-6-10/h5,7-8,10H,2-4,6H2,1H3/q+1. The molecule has 0 aromatic carbocycles. The number of hydrogen-bond acceptors (Lipinski definition) is 1. The molecule has 0 saturated carbocycles. The van der Waals surface area contributed by atoms with Gasteiger partial charge < -0.3 is 0 Å². The number of rotatable bonds is 3. The summed E-state index contributed by atoms with van der Waals surface area (Å²) < 4.78 is 1.96. The maximum Gasteiger partial charge on any atom is 0.183 e. The van der Waals surface area contributed by atoms with Gasteiger partial charge in [0.05, 0.1) is 0 Å². The SMILES string of the molecule is C=C(CC)[N+](=C)C1C=CN=CC1. The lowest BCUT2D eigenvalue weighted by Crippen LogP contribution is -2.23.